The minimum Gasteiger partial charge on any atom is -0.271 e. The van der Waals surface area contributed by atoms with Crippen LogP contribution in [0.2, 0.25) is 5.02 Å². The summed E-state index contributed by atoms with van der Waals surface area (Å²) in [6.07, 6.45) is 0.864. The number of benzene rings is 1. The van der Waals surface area contributed by atoms with E-state index >= 15 is 0 Å². The molecule has 0 unspecified atom stereocenters. The molecule has 0 aliphatic heterocycles. The molecular formula is C12H11BrClFN2. The lowest BCUT2D eigenvalue weighted by Crippen LogP contribution is -1.96. The molecule has 0 aliphatic rings. The fourth-order valence-corrected chi connectivity index (χ4v) is 2.86. The van der Waals surface area contributed by atoms with Crippen LogP contribution in [0, 0.1) is 5.82 Å². The van der Waals surface area contributed by atoms with E-state index in [2.05, 4.69) is 28.0 Å². The molecule has 0 N–H and O–H groups in total. The van der Waals surface area contributed by atoms with Gasteiger partial charge in [-0.3, -0.25) is 4.68 Å². The van der Waals surface area contributed by atoms with Crippen LogP contribution in [0.15, 0.2) is 22.7 Å². The first-order valence-electron chi connectivity index (χ1n) is 5.21. The average Bonchev–Trinajstić information content (AvgIpc) is 2.54. The van der Waals surface area contributed by atoms with Crippen LogP contribution in [-0.2, 0) is 13.5 Å². The maximum Gasteiger partial charge on any atom is 0.124 e. The van der Waals surface area contributed by atoms with Crippen molar-refractivity contribution in [2.75, 3.05) is 0 Å². The Morgan fingerprint density at radius 1 is 1.47 bits per heavy atom. The molecule has 2 nitrogen and oxygen atoms in total. The molecule has 17 heavy (non-hydrogen) atoms. The molecule has 0 aliphatic carbocycles. The van der Waals surface area contributed by atoms with Crippen molar-refractivity contribution in [3.05, 3.63) is 39.2 Å². The lowest BCUT2D eigenvalue weighted by molar-refractivity contribution is 0.628. The topological polar surface area (TPSA) is 17.8 Å². The van der Waals surface area contributed by atoms with E-state index in [0.29, 0.717) is 5.02 Å². The molecule has 1 aromatic heterocycles. The second kappa shape index (κ2) is 4.78. The molecule has 0 fully saturated rings. The smallest absolute Gasteiger partial charge is 0.124 e. The first-order valence-corrected chi connectivity index (χ1v) is 6.38. The van der Waals surface area contributed by atoms with Gasteiger partial charge in [0, 0.05) is 12.6 Å². The first kappa shape index (κ1) is 12.6. The van der Waals surface area contributed by atoms with E-state index in [1.807, 2.05) is 7.05 Å². The molecule has 0 saturated heterocycles. The summed E-state index contributed by atoms with van der Waals surface area (Å²) in [5, 5.41) is 4.77. The highest BCUT2D eigenvalue weighted by atomic mass is 79.9. The standard InChI is InChI=1S/C12H11BrClFN2/c1-3-10-11(13)12(16-17(10)2)8-5-4-7(15)6-9(8)14/h4-6H,3H2,1-2H3. The van der Waals surface area contributed by atoms with Gasteiger partial charge in [-0.15, -0.1) is 0 Å². The molecule has 0 bridgehead atoms. The van der Waals surface area contributed by atoms with Crippen LogP contribution in [0.4, 0.5) is 4.39 Å². The van der Waals surface area contributed by atoms with Crippen molar-refractivity contribution in [2.24, 2.45) is 7.05 Å². The summed E-state index contributed by atoms with van der Waals surface area (Å²) in [5.74, 6) is -0.346. The number of aromatic nitrogens is 2. The maximum atomic E-state index is 13.0. The van der Waals surface area contributed by atoms with Crippen LogP contribution >= 0.6 is 27.5 Å². The van der Waals surface area contributed by atoms with Crippen LogP contribution < -0.4 is 0 Å². The molecule has 90 valence electrons. The van der Waals surface area contributed by atoms with Crippen molar-refractivity contribution in [2.45, 2.75) is 13.3 Å². The minimum atomic E-state index is -0.346. The first-order chi connectivity index (χ1) is 8.04. The Morgan fingerprint density at radius 3 is 2.71 bits per heavy atom. The largest absolute Gasteiger partial charge is 0.271 e. The Hall–Kier alpha value is -0.870. The van der Waals surface area contributed by atoms with Crippen molar-refractivity contribution in [1.29, 1.82) is 0 Å². The summed E-state index contributed by atoms with van der Waals surface area (Å²) in [6, 6.07) is 4.32. The van der Waals surface area contributed by atoms with Gasteiger partial charge in [0.2, 0.25) is 0 Å². The molecule has 0 amide bonds. The molecule has 2 rings (SSSR count). The van der Waals surface area contributed by atoms with Crippen molar-refractivity contribution in [3.63, 3.8) is 0 Å². The quantitative estimate of drug-likeness (QED) is 0.811. The van der Waals surface area contributed by atoms with Gasteiger partial charge >= 0.3 is 0 Å². The molecule has 0 radical (unpaired) electrons. The predicted octanol–water partition coefficient (Wildman–Crippen LogP) is 4.20. The normalized spacial score (nSPS) is 10.9. The third kappa shape index (κ3) is 2.24. The Balaban J connectivity index is 2.61. The third-order valence-electron chi connectivity index (χ3n) is 2.62. The van der Waals surface area contributed by atoms with Crippen molar-refractivity contribution in [3.8, 4) is 11.3 Å². The summed E-state index contributed by atoms with van der Waals surface area (Å²) in [4.78, 5) is 0. The highest BCUT2D eigenvalue weighted by Crippen LogP contribution is 2.34. The van der Waals surface area contributed by atoms with Gasteiger partial charge in [0.15, 0.2) is 0 Å². The second-order valence-corrected chi connectivity index (χ2v) is 4.91. The summed E-state index contributed by atoms with van der Waals surface area (Å²) in [5.41, 5.74) is 2.56. The van der Waals surface area contributed by atoms with Crippen molar-refractivity contribution in [1.82, 2.24) is 9.78 Å². The predicted molar refractivity (Wildman–Crippen MR) is 70.7 cm³/mol. The summed E-state index contributed by atoms with van der Waals surface area (Å²) >= 11 is 9.55. The fourth-order valence-electron chi connectivity index (χ4n) is 1.77. The Labute approximate surface area is 113 Å². The van der Waals surface area contributed by atoms with Crippen LogP contribution in [-0.4, -0.2) is 9.78 Å². The molecule has 2 aromatic rings. The lowest BCUT2D eigenvalue weighted by atomic mass is 10.1. The van der Waals surface area contributed by atoms with Gasteiger partial charge in [-0.05, 0) is 40.5 Å². The van der Waals surface area contributed by atoms with Gasteiger partial charge in [0.1, 0.15) is 11.5 Å². The van der Waals surface area contributed by atoms with Crippen LogP contribution in [0.25, 0.3) is 11.3 Å². The minimum absolute atomic E-state index is 0.346. The van der Waals surface area contributed by atoms with Crippen LogP contribution in [0.1, 0.15) is 12.6 Å². The maximum absolute atomic E-state index is 13.0. The number of hydrogen-bond donors (Lipinski definition) is 0. The second-order valence-electron chi connectivity index (χ2n) is 3.71. The van der Waals surface area contributed by atoms with E-state index in [1.165, 1.54) is 12.1 Å². The van der Waals surface area contributed by atoms with E-state index in [4.69, 9.17) is 11.6 Å². The van der Waals surface area contributed by atoms with E-state index < -0.39 is 0 Å². The zero-order valence-corrected chi connectivity index (χ0v) is 11.8. The molecule has 0 atom stereocenters. The zero-order valence-electron chi connectivity index (χ0n) is 9.47. The average molecular weight is 318 g/mol. The number of rotatable bonds is 2. The molecule has 1 aromatic carbocycles. The van der Waals surface area contributed by atoms with Crippen molar-refractivity contribution >= 4 is 27.5 Å². The van der Waals surface area contributed by atoms with E-state index in [9.17, 15) is 4.39 Å². The highest BCUT2D eigenvalue weighted by molar-refractivity contribution is 9.10. The zero-order chi connectivity index (χ0) is 12.6. The van der Waals surface area contributed by atoms with Gasteiger partial charge in [-0.25, -0.2) is 4.39 Å². The molecular weight excluding hydrogens is 307 g/mol. The van der Waals surface area contributed by atoms with Gasteiger partial charge in [-0.1, -0.05) is 18.5 Å². The summed E-state index contributed by atoms with van der Waals surface area (Å²) in [6.45, 7) is 2.05. The molecule has 5 heteroatoms. The number of halogens is 3. The Bertz CT molecular complexity index is 566. The molecule has 1 heterocycles. The monoisotopic (exact) mass is 316 g/mol. The fraction of sp³-hybridized carbons (Fsp3) is 0.250. The van der Waals surface area contributed by atoms with Crippen LogP contribution in [0.5, 0.6) is 0 Å². The number of nitrogens with zero attached hydrogens (tertiary/aromatic N) is 2. The van der Waals surface area contributed by atoms with E-state index in [1.54, 1.807) is 10.7 Å². The van der Waals surface area contributed by atoms with Crippen LogP contribution in [0.3, 0.4) is 0 Å². The van der Waals surface area contributed by atoms with Gasteiger partial charge in [0.05, 0.1) is 15.2 Å². The summed E-state index contributed by atoms with van der Waals surface area (Å²) in [7, 11) is 1.88. The molecule has 0 spiro atoms. The van der Waals surface area contributed by atoms with Gasteiger partial charge in [0.25, 0.3) is 0 Å². The number of aryl methyl sites for hydroxylation is 1. The number of hydrogen-bond acceptors (Lipinski definition) is 1. The van der Waals surface area contributed by atoms with E-state index in [-0.39, 0.29) is 5.82 Å². The highest BCUT2D eigenvalue weighted by Gasteiger charge is 2.16. The van der Waals surface area contributed by atoms with Gasteiger partial charge in [-0.2, -0.15) is 5.10 Å². The summed E-state index contributed by atoms with van der Waals surface area (Å²) < 4.78 is 15.7. The SMILES string of the molecule is CCc1c(Br)c(-c2ccc(F)cc2Cl)nn1C. The Morgan fingerprint density at radius 2 is 2.18 bits per heavy atom. The van der Waals surface area contributed by atoms with Crippen molar-refractivity contribution < 1.29 is 4.39 Å². The lowest BCUT2D eigenvalue weighted by Gasteiger charge is -2.01. The Kier molecular flexibility index (Phi) is 3.54. The van der Waals surface area contributed by atoms with Gasteiger partial charge < -0.3 is 0 Å². The third-order valence-corrected chi connectivity index (χ3v) is 3.77. The molecule has 0 saturated carbocycles. The van der Waals surface area contributed by atoms with E-state index in [0.717, 1.165) is 27.8 Å².